The fourth-order valence-electron chi connectivity index (χ4n) is 12.6. The molecule has 8 aromatic carbocycles. The van der Waals surface area contributed by atoms with Gasteiger partial charge in [0.15, 0.2) is 23.1 Å². The monoisotopic (exact) mass is 1060 g/mol. The Balaban J connectivity index is 0.000000152. The van der Waals surface area contributed by atoms with Gasteiger partial charge in [-0.3, -0.25) is 0 Å². The molecule has 75 heavy (non-hydrogen) atoms. The summed E-state index contributed by atoms with van der Waals surface area (Å²) in [6.07, 6.45) is 10.1. The molecule has 2 fully saturated rings. The molecule has 0 saturated heterocycles. The Morgan fingerprint density at radius 2 is 0.773 bits per heavy atom. The number of aryl methyl sites for hydroxylation is 1. The van der Waals surface area contributed by atoms with Crippen molar-refractivity contribution in [2.24, 2.45) is 23.7 Å². The van der Waals surface area contributed by atoms with Crippen LogP contribution in [0.2, 0.25) is 0 Å². The summed E-state index contributed by atoms with van der Waals surface area (Å²) in [5.74, 6) is 1.43. The fourth-order valence-corrected chi connectivity index (χ4v) is 16.0. The van der Waals surface area contributed by atoms with E-state index in [-0.39, 0.29) is 95.2 Å². The van der Waals surface area contributed by atoms with Crippen LogP contribution in [0.4, 0.5) is 8.78 Å². The first-order chi connectivity index (χ1) is 35.8. The number of benzene rings is 8. The maximum absolute atomic E-state index is 14.3. The third-order valence-corrected chi connectivity index (χ3v) is 19.7. The van der Waals surface area contributed by atoms with Crippen LogP contribution in [0.25, 0.3) is 0 Å². The van der Waals surface area contributed by atoms with Gasteiger partial charge in [-0.1, -0.05) is 211 Å². The van der Waals surface area contributed by atoms with Crippen LogP contribution in [0.3, 0.4) is 0 Å². The van der Waals surface area contributed by atoms with Crippen LogP contribution in [0, 0.1) is 42.2 Å². The van der Waals surface area contributed by atoms with Crippen molar-refractivity contribution in [3.63, 3.8) is 0 Å². The Kier molecular flexibility index (Phi) is 16.8. The minimum absolute atomic E-state index is 0. The first kappa shape index (κ1) is 53.7. The van der Waals surface area contributed by atoms with Gasteiger partial charge in [0, 0.05) is 29.0 Å². The normalized spacial score (nSPS) is 22.8. The van der Waals surface area contributed by atoms with Gasteiger partial charge in [0.2, 0.25) is 0 Å². The van der Waals surface area contributed by atoms with Crippen LogP contribution >= 0.6 is 16.5 Å². The topological polar surface area (TPSA) is 36.9 Å². The van der Waals surface area contributed by atoms with Gasteiger partial charge < -0.3 is 20.4 Å². The van der Waals surface area contributed by atoms with Crippen molar-refractivity contribution in [1.82, 2.24) is 0 Å². The number of hydrogen-bond acceptors (Lipinski definition) is 4. The average molecular weight is 1060 g/mol. The van der Waals surface area contributed by atoms with Gasteiger partial charge >= 0.3 is 51.4 Å². The van der Waals surface area contributed by atoms with E-state index in [4.69, 9.17) is 18.9 Å². The maximum atomic E-state index is 14.3. The second-order valence-corrected chi connectivity index (χ2v) is 24.1. The largest absolute Gasteiger partial charge is 1.00 e. The second kappa shape index (κ2) is 23.5. The molecule has 0 aromatic heterocycles. The molecule has 5 atom stereocenters. The molecule has 4 aliphatic heterocycles. The molecule has 378 valence electrons. The molecule has 4 heterocycles. The summed E-state index contributed by atoms with van der Waals surface area (Å²) in [6.45, 7) is 2.17. The van der Waals surface area contributed by atoms with Crippen LogP contribution in [0.5, 0.6) is 23.0 Å². The molecule has 0 unspecified atom stereocenters. The van der Waals surface area contributed by atoms with Crippen LogP contribution in [0.1, 0.15) is 75.2 Å². The summed E-state index contributed by atoms with van der Waals surface area (Å²) in [5, 5.41) is 6.79. The predicted molar refractivity (Wildman–Crippen MR) is 302 cm³/mol. The van der Waals surface area contributed by atoms with E-state index in [1.807, 2.05) is 12.1 Å². The average Bonchev–Trinajstić information content (AvgIpc) is 3.57. The number of rotatable bonds is 5. The summed E-state index contributed by atoms with van der Waals surface area (Å²) < 4.78 is 55.4. The van der Waals surface area contributed by atoms with E-state index < -0.39 is 19.5 Å². The van der Waals surface area contributed by atoms with Gasteiger partial charge in [-0.05, 0) is 127 Å². The number of hydrogen-bond donors (Lipinski definition) is 0. The molecule has 0 radical (unpaired) electrons. The number of para-hydroxylation sites is 4. The van der Waals surface area contributed by atoms with E-state index in [9.17, 15) is 8.78 Å². The van der Waals surface area contributed by atoms with Crippen LogP contribution in [-0.2, 0) is 25.7 Å². The van der Waals surface area contributed by atoms with Crippen molar-refractivity contribution in [2.75, 3.05) is 0 Å². The van der Waals surface area contributed by atoms with Crippen LogP contribution < -0.4 is 96.9 Å². The van der Waals surface area contributed by atoms with Gasteiger partial charge in [0.25, 0.3) is 11.6 Å². The Labute approximate surface area is 489 Å². The van der Waals surface area contributed by atoms with E-state index >= 15 is 0 Å². The van der Waals surface area contributed by atoms with E-state index in [2.05, 4.69) is 165 Å². The van der Waals surface area contributed by atoms with E-state index in [0.29, 0.717) is 24.7 Å². The minimum atomic E-state index is -0.942. The predicted octanol–water partition coefficient (Wildman–Crippen LogP) is 11.2. The van der Waals surface area contributed by atoms with Crippen LogP contribution in [0.15, 0.2) is 194 Å². The van der Waals surface area contributed by atoms with E-state index in [1.54, 1.807) is 12.1 Å². The summed E-state index contributed by atoms with van der Waals surface area (Å²) in [4.78, 5) is 0. The summed E-state index contributed by atoms with van der Waals surface area (Å²) >= 11 is 0. The Bertz CT molecular complexity index is 3080. The van der Waals surface area contributed by atoms with Gasteiger partial charge in [0.05, 0.1) is 0 Å². The molecule has 9 heteroatoms. The maximum Gasteiger partial charge on any atom is 1.00 e. The molecule has 0 N–H and O–H groups in total. The molecule has 0 amide bonds. The summed E-state index contributed by atoms with van der Waals surface area (Å²) in [7, 11) is 0.0242. The molecule has 0 bridgehead atoms. The zero-order chi connectivity index (χ0) is 49.4. The van der Waals surface area contributed by atoms with Crippen molar-refractivity contribution in [2.45, 2.75) is 90.1 Å². The smallest absolute Gasteiger partial charge is 1.00 e. The third-order valence-electron chi connectivity index (χ3n) is 16.0. The van der Waals surface area contributed by atoms with Crippen molar-refractivity contribution in [3.8, 4) is 23.0 Å². The first-order valence-electron chi connectivity index (χ1n) is 26.1. The Morgan fingerprint density at radius 3 is 1.21 bits per heavy atom. The minimum Gasteiger partial charge on any atom is -1.00 e. The van der Waals surface area contributed by atoms with Gasteiger partial charge in [-0.2, -0.15) is 0 Å². The van der Waals surface area contributed by atoms with Crippen LogP contribution in [-0.4, -0.2) is 11.6 Å². The first-order valence-corrected chi connectivity index (χ1v) is 28.5. The zero-order valence-corrected chi connectivity index (χ0v) is 47.2. The molecule has 14 rings (SSSR count). The molecule has 8 aromatic rings. The SMILES string of the molecule is C.Cc1cccc2c1O[C@]13Oc4c(cccc4P(c4ccccc4)c4ccccc4)C[C@H]1CCC[C@@H]3C2.Fc1cccc2c1OC13Oc4c(F)cccc4C[C@H]1CCC[C@@H]3C2.[H-].[K+].c1ccc(Pc2ccccc2)cc1. The third kappa shape index (κ3) is 10.7. The quantitative estimate of drug-likeness (QED) is 0.127. The van der Waals surface area contributed by atoms with Crippen molar-refractivity contribution >= 4 is 43.0 Å². The van der Waals surface area contributed by atoms with Gasteiger partial charge in [0.1, 0.15) is 11.5 Å². The van der Waals surface area contributed by atoms with Crippen molar-refractivity contribution in [3.05, 3.63) is 234 Å². The molecular formula is C66H65F2KO4P2. The van der Waals surface area contributed by atoms with E-state index in [1.165, 1.54) is 61.8 Å². The Morgan fingerprint density at radius 1 is 0.427 bits per heavy atom. The van der Waals surface area contributed by atoms with Gasteiger partial charge in [-0.15, -0.1) is 0 Å². The molecule has 2 spiro atoms. The van der Waals surface area contributed by atoms with Crippen molar-refractivity contribution in [1.29, 1.82) is 0 Å². The van der Waals surface area contributed by atoms with E-state index in [0.717, 1.165) is 76.2 Å². The number of ether oxygens (including phenoxy) is 4. The van der Waals surface area contributed by atoms with Crippen molar-refractivity contribution < 1.29 is 80.5 Å². The molecular weight excluding hydrogens is 996 g/mol. The fraction of sp³-hybridized carbons (Fsp3) is 0.273. The second-order valence-electron chi connectivity index (χ2n) is 20.5. The van der Waals surface area contributed by atoms with Gasteiger partial charge in [-0.25, -0.2) is 8.78 Å². The number of halogens is 2. The molecule has 6 aliphatic rings. The molecule has 2 saturated carbocycles. The standard InChI is InChI=1S/C33H31O2P.C20H18F2O2.C12H11P.CH4.K.H/c1-23-11-8-12-24-21-26-14-10-15-27-22-25-13-9-20-30(32(25)35-33(26,27)34-31(23)24)36(28-16-4-2-5-17-28)29-18-6-3-7-19-29;21-16-8-1-4-12-10-14-6-3-7-15-11-13-5-2-9-17(22)19(13)24-20(14,15)23-18(12)16;1-3-7-11(8-4-1)13-12-9-5-2-6-10-12;;;/h2-9,11-13,16-20,26-27H,10,14-15,21-22H2,1H3;1-2,4-5,8-9,14-15H,3,6-7,10-11H2;1-10,13H;1H4;;/q;;;;+1;-1/t26-,27-,33-;14-,15-,20?;;;;/m11..../s1. The molecule has 4 nitrogen and oxygen atoms in total. The zero-order valence-electron chi connectivity index (χ0n) is 43.2. The Hall–Kier alpha value is -4.68. The number of fused-ring (bicyclic) bond motifs is 4. The summed E-state index contributed by atoms with van der Waals surface area (Å²) in [6, 6.07) is 66.5. The molecule has 2 aliphatic carbocycles. The summed E-state index contributed by atoms with van der Waals surface area (Å²) in [5.41, 5.74) is 5.65.